The Labute approximate surface area is 204 Å². The predicted octanol–water partition coefficient (Wildman–Crippen LogP) is 6.62. The first-order valence-corrected chi connectivity index (χ1v) is 11.6. The van der Waals surface area contributed by atoms with Gasteiger partial charge in [0, 0.05) is 35.3 Å². The fraction of sp³-hybridized carbons (Fsp3) is 0.200. The van der Waals surface area contributed by atoms with Gasteiger partial charge < -0.3 is 14.0 Å². The summed E-state index contributed by atoms with van der Waals surface area (Å²) in [5.74, 6) is 0.402. The van der Waals surface area contributed by atoms with Gasteiger partial charge in [0.25, 0.3) is 0 Å². The number of benzene rings is 3. The average Bonchev–Trinajstić information content (AvgIpc) is 3.32. The van der Waals surface area contributed by atoms with Crippen molar-refractivity contribution in [2.24, 2.45) is 7.05 Å². The Bertz CT molecular complexity index is 1510. The van der Waals surface area contributed by atoms with Crippen LogP contribution >= 0.6 is 0 Å². The summed E-state index contributed by atoms with van der Waals surface area (Å²) in [5.41, 5.74) is 4.65. The van der Waals surface area contributed by atoms with Gasteiger partial charge in [0.05, 0.1) is 11.1 Å². The minimum Gasteiger partial charge on any atom is -0.452 e. The number of carbonyl (C=O) groups excluding carboxylic acids is 2. The second kappa shape index (κ2) is 8.27. The summed E-state index contributed by atoms with van der Waals surface area (Å²) in [7, 11) is 1.97. The van der Waals surface area contributed by atoms with Gasteiger partial charge in [-0.15, -0.1) is 0 Å². The molecule has 0 N–H and O–H groups in total. The van der Waals surface area contributed by atoms with Gasteiger partial charge in [-0.2, -0.15) is 0 Å². The van der Waals surface area contributed by atoms with Gasteiger partial charge in [-0.1, -0.05) is 51.1 Å². The average molecular weight is 466 g/mol. The van der Waals surface area contributed by atoms with Gasteiger partial charge in [-0.05, 0) is 54.3 Å². The maximum absolute atomic E-state index is 13.1. The second-order valence-corrected chi connectivity index (χ2v) is 9.93. The zero-order chi connectivity index (χ0) is 24.9. The van der Waals surface area contributed by atoms with E-state index in [-0.39, 0.29) is 17.0 Å². The molecule has 1 aliphatic rings. The summed E-state index contributed by atoms with van der Waals surface area (Å²) < 4.78 is 13.7. The molecule has 5 nitrogen and oxygen atoms in total. The largest absolute Gasteiger partial charge is 0.452 e. The molecule has 0 spiro atoms. The van der Waals surface area contributed by atoms with Gasteiger partial charge in [0.2, 0.25) is 5.78 Å². The number of para-hydroxylation sites is 1. The lowest BCUT2D eigenvalue weighted by Crippen LogP contribution is -2.13. The minimum atomic E-state index is -0.454. The molecular weight excluding hydrogens is 438 g/mol. The summed E-state index contributed by atoms with van der Waals surface area (Å²) in [5, 5.41) is 1.04. The van der Waals surface area contributed by atoms with E-state index in [0.29, 0.717) is 28.2 Å². The van der Waals surface area contributed by atoms with Crippen molar-refractivity contribution in [3.05, 3.63) is 100 Å². The third kappa shape index (κ3) is 4.03. The molecule has 0 saturated carbocycles. The molecular formula is C30H27NO4. The smallest absolute Gasteiger partial charge is 0.343 e. The number of rotatable bonds is 3. The highest BCUT2D eigenvalue weighted by molar-refractivity contribution is 6.15. The second-order valence-electron chi connectivity index (χ2n) is 9.93. The molecule has 0 aliphatic carbocycles. The lowest BCUT2D eigenvalue weighted by atomic mass is 9.87. The normalized spacial score (nSPS) is 14.3. The molecule has 3 aromatic carbocycles. The van der Waals surface area contributed by atoms with Crippen molar-refractivity contribution >= 4 is 28.7 Å². The topological polar surface area (TPSA) is 57.5 Å². The number of aromatic nitrogens is 1. The Morgan fingerprint density at radius 1 is 1.00 bits per heavy atom. The Balaban J connectivity index is 1.41. The lowest BCUT2D eigenvalue weighted by Gasteiger charge is -2.19. The van der Waals surface area contributed by atoms with Gasteiger partial charge in [0.15, 0.2) is 5.76 Å². The van der Waals surface area contributed by atoms with E-state index in [9.17, 15) is 9.59 Å². The van der Waals surface area contributed by atoms with Crippen LogP contribution in [0.3, 0.4) is 0 Å². The molecule has 4 aromatic rings. The van der Waals surface area contributed by atoms with Gasteiger partial charge >= 0.3 is 5.97 Å². The summed E-state index contributed by atoms with van der Waals surface area (Å²) in [6.07, 6.45) is 3.74. The molecule has 0 radical (unpaired) electrons. The quantitative estimate of drug-likeness (QED) is 0.194. The van der Waals surface area contributed by atoms with Crippen molar-refractivity contribution in [3.63, 3.8) is 0 Å². The standard InChI is InChI=1S/C30H27NO4/c1-18-25(35-29(33)19-10-12-21(13-11-19)30(2,3)4)15-14-23-27(32)26(34-28(18)23)16-20-17-31(5)24-9-7-6-8-22(20)24/h6-17H,1-5H3. The lowest BCUT2D eigenvalue weighted by molar-refractivity contribution is 0.0733. The van der Waals surface area contributed by atoms with Crippen LogP contribution in [0, 0.1) is 6.92 Å². The fourth-order valence-corrected chi connectivity index (χ4v) is 4.37. The number of nitrogens with zero attached hydrogens (tertiary/aromatic N) is 1. The molecule has 0 atom stereocenters. The number of allylic oxidation sites excluding steroid dienone is 1. The molecule has 0 bridgehead atoms. The van der Waals surface area contributed by atoms with Crippen molar-refractivity contribution in [1.29, 1.82) is 0 Å². The number of aryl methyl sites for hydroxylation is 1. The molecule has 0 saturated heterocycles. The van der Waals surface area contributed by atoms with Crippen molar-refractivity contribution in [1.82, 2.24) is 4.57 Å². The molecule has 2 heterocycles. The van der Waals surface area contributed by atoms with Crippen LogP contribution in [0.4, 0.5) is 0 Å². The third-order valence-electron chi connectivity index (χ3n) is 6.44. The zero-order valence-corrected chi connectivity index (χ0v) is 20.5. The highest BCUT2D eigenvalue weighted by atomic mass is 16.5. The van der Waals surface area contributed by atoms with E-state index >= 15 is 0 Å². The van der Waals surface area contributed by atoms with Crippen molar-refractivity contribution in [3.8, 4) is 11.5 Å². The van der Waals surface area contributed by atoms with Gasteiger partial charge in [0.1, 0.15) is 11.5 Å². The third-order valence-corrected chi connectivity index (χ3v) is 6.44. The molecule has 5 heteroatoms. The van der Waals surface area contributed by atoms with E-state index in [4.69, 9.17) is 9.47 Å². The molecule has 35 heavy (non-hydrogen) atoms. The highest BCUT2D eigenvalue weighted by Gasteiger charge is 2.31. The summed E-state index contributed by atoms with van der Waals surface area (Å²) in [6, 6.07) is 18.7. The number of esters is 1. The summed E-state index contributed by atoms with van der Waals surface area (Å²) in [4.78, 5) is 25.8. The van der Waals surface area contributed by atoms with E-state index in [1.54, 1.807) is 37.3 Å². The minimum absolute atomic E-state index is 0.000145. The molecule has 5 rings (SSSR count). The van der Waals surface area contributed by atoms with Crippen molar-refractivity contribution < 1.29 is 19.1 Å². The molecule has 0 amide bonds. The number of ketones is 1. The van der Waals surface area contributed by atoms with E-state index in [0.717, 1.165) is 22.0 Å². The van der Waals surface area contributed by atoms with Gasteiger partial charge in [-0.25, -0.2) is 4.79 Å². The molecule has 176 valence electrons. The molecule has 1 aliphatic heterocycles. The van der Waals surface area contributed by atoms with Crippen molar-refractivity contribution in [2.45, 2.75) is 33.1 Å². The van der Waals surface area contributed by atoms with Crippen LogP contribution in [0.1, 0.15) is 58.2 Å². The first-order valence-electron chi connectivity index (χ1n) is 11.6. The van der Waals surface area contributed by atoms with E-state index in [2.05, 4.69) is 20.8 Å². The van der Waals surface area contributed by atoms with Crippen LogP contribution in [-0.4, -0.2) is 16.3 Å². The Kier molecular flexibility index (Phi) is 5.36. The summed E-state index contributed by atoms with van der Waals surface area (Å²) in [6.45, 7) is 8.16. The van der Waals surface area contributed by atoms with Crippen LogP contribution in [-0.2, 0) is 12.5 Å². The highest BCUT2D eigenvalue weighted by Crippen LogP contribution is 2.40. The predicted molar refractivity (Wildman–Crippen MR) is 137 cm³/mol. The zero-order valence-electron chi connectivity index (χ0n) is 20.5. The van der Waals surface area contributed by atoms with E-state index in [1.807, 2.05) is 54.2 Å². The number of Topliss-reactive ketones (excluding diaryl/α,β-unsaturated/α-hetero) is 1. The van der Waals surface area contributed by atoms with E-state index < -0.39 is 5.97 Å². The number of ether oxygens (including phenoxy) is 2. The Morgan fingerprint density at radius 2 is 1.71 bits per heavy atom. The maximum atomic E-state index is 13.1. The SMILES string of the molecule is Cc1c(OC(=O)c2ccc(C(C)(C)C)cc2)ccc2c1OC(=Cc1cn(C)c3ccccc13)C2=O. The number of carbonyl (C=O) groups is 2. The van der Waals surface area contributed by atoms with Crippen LogP contribution in [0.2, 0.25) is 0 Å². The van der Waals surface area contributed by atoms with Gasteiger partial charge in [-0.3, -0.25) is 4.79 Å². The van der Waals surface area contributed by atoms with Crippen LogP contribution < -0.4 is 9.47 Å². The Morgan fingerprint density at radius 3 is 2.43 bits per heavy atom. The number of fused-ring (bicyclic) bond motifs is 2. The molecule has 1 aromatic heterocycles. The summed E-state index contributed by atoms with van der Waals surface area (Å²) >= 11 is 0. The van der Waals surface area contributed by atoms with Crippen LogP contribution in [0.15, 0.2) is 72.6 Å². The number of hydrogen-bond donors (Lipinski definition) is 0. The van der Waals surface area contributed by atoms with Crippen LogP contribution in [0.5, 0.6) is 11.5 Å². The maximum Gasteiger partial charge on any atom is 0.343 e. The molecule has 0 unspecified atom stereocenters. The van der Waals surface area contributed by atoms with Crippen molar-refractivity contribution in [2.75, 3.05) is 0 Å². The number of hydrogen-bond acceptors (Lipinski definition) is 4. The monoisotopic (exact) mass is 465 g/mol. The van der Waals surface area contributed by atoms with Crippen LogP contribution in [0.25, 0.3) is 17.0 Å². The molecule has 0 fully saturated rings. The Hall–Kier alpha value is -4.12. The first kappa shape index (κ1) is 22.7. The fourth-order valence-electron chi connectivity index (χ4n) is 4.37. The first-order chi connectivity index (χ1) is 16.6. The van der Waals surface area contributed by atoms with E-state index in [1.165, 1.54) is 0 Å².